The molecule has 2 N–H and O–H groups in total. The molecular weight excluding hydrogens is 316 g/mol. The zero-order valence-corrected chi connectivity index (χ0v) is 13.6. The number of rotatable bonds is 2. The van der Waals surface area contributed by atoms with Gasteiger partial charge < -0.3 is 15.3 Å². The highest BCUT2D eigenvalue weighted by molar-refractivity contribution is 6.19. The fourth-order valence-corrected chi connectivity index (χ4v) is 3.44. The van der Waals surface area contributed by atoms with E-state index in [2.05, 4.69) is 5.32 Å². The molecule has 5 nitrogen and oxygen atoms in total. The van der Waals surface area contributed by atoms with Crippen LogP contribution in [0.2, 0.25) is 0 Å². The molecule has 6 heteroatoms. The van der Waals surface area contributed by atoms with Gasteiger partial charge in [-0.1, -0.05) is 0 Å². The maximum absolute atomic E-state index is 11.9. The van der Waals surface area contributed by atoms with Crippen molar-refractivity contribution in [3.05, 3.63) is 35.4 Å². The standard InChI is InChI=1S/C17H17ClN2O3/c1-9(21)20-8-11(7-18)16-13-5-10(17(23)19-2)3-4-12(13)15(22)6-14(16)20/h3-6,11,22H,7-8H2,1-2H3,(H,19,23). The predicted octanol–water partition coefficient (Wildman–Crippen LogP) is 2.59. The monoisotopic (exact) mass is 332 g/mol. The highest BCUT2D eigenvalue weighted by Crippen LogP contribution is 2.45. The first kappa shape index (κ1) is 15.6. The summed E-state index contributed by atoms with van der Waals surface area (Å²) in [5, 5.41) is 14.3. The summed E-state index contributed by atoms with van der Waals surface area (Å²) in [6, 6.07) is 6.74. The van der Waals surface area contributed by atoms with Crippen LogP contribution in [0.4, 0.5) is 5.69 Å². The number of phenols is 1. The van der Waals surface area contributed by atoms with Crippen molar-refractivity contribution in [3.8, 4) is 5.75 Å². The number of carbonyl (C=O) groups excluding carboxylic acids is 2. The number of anilines is 1. The molecule has 0 radical (unpaired) electrons. The minimum absolute atomic E-state index is 0.0291. The van der Waals surface area contributed by atoms with Gasteiger partial charge in [0, 0.05) is 49.3 Å². The van der Waals surface area contributed by atoms with Crippen LogP contribution >= 0.6 is 11.6 Å². The van der Waals surface area contributed by atoms with Crippen molar-refractivity contribution in [2.24, 2.45) is 0 Å². The SMILES string of the molecule is CNC(=O)c1ccc2c(O)cc3c(c2c1)C(CCl)CN3C(C)=O. The number of phenolic OH excluding ortho intramolecular Hbond substituents is 1. The Balaban J connectivity index is 2.32. The Morgan fingerprint density at radius 2 is 2.09 bits per heavy atom. The van der Waals surface area contributed by atoms with Crippen LogP contribution in [0.5, 0.6) is 5.75 Å². The average molecular weight is 333 g/mol. The molecule has 1 atom stereocenters. The summed E-state index contributed by atoms with van der Waals surface area (Å²) in [7, 11) is 1.57. The normalized spacial score (nSPS) is 16.5. The fraction of sp³-hybridized carbons (Fsp3) is 0.294. The summed E-state index contributed by atoms with van der Waals surface area (Å²) in [5.74, 6) is 0.121. The molecular formula is C17H17ClN2O3. The van der Waals surface area contributed by atoms with E-state index in [4.69, 9.17) is 11.6 Å². The lowest BCUT2D eigenvalue weighted by atomic mass is 9.94. The van der Waals surface area contributed by atoms with Crippen LogP contribution in [0, 0.1) is 0 Å². The van der Waals surface area contributed by atoms with Gasteiger partial charge in [0.1, 0.15) is 5.75 Å². The van der Waals surface area contributed by atoms with E-state index in [1.54, 1.807) is 36.2 Å². The molecule has 0 saturated heterocycles. The molecule has 1 unspecified atom stereocenters. The highest BCUT2D eigenvalue weighted by atomic mass is 35.5. The number of fused-ring (bicyclic) bond motifs is 3. The zero-order chi connectivity index (χ0) is 16.7. The molecule has 0 bridgehead atoms. The van der Waals surface area contributed by atoms with Crippen molar-refractivity contribution in [2.75, 3.05) is 24.4 Å². The topological polar surface area (TPSA) is 69.6 Å². The van der Waals surface area contributed by atoms with Crippen LogP contribution in [0.25, 0.3) is 10.8 Å². The van der Waals surface area contributed by atoms with Gasteiger partial charge in [0.05, 0.1) is 5.69 Å². The minimum Gasteiger partial charge on any atom is -0.507 e. The molecule has 2 aromatic rings. The first-order chi connectivity index (χ1) is 11.0. The third-order valence-corrected chi connectivity index (χ3v) is 4.67. The maximum atomic E-state index is 11.9. The van der Waals surface area contributed by atoms with Gasteiger partial charge in [-0.2, -0.15) is 0 Å². The quantitative estimate of drug-likeness (QED) is 0.830. The summed E-state index contributed by atoms with van der Waals surface area (Å²) < 4.78 is 0. The second-order valence-corrected chi connectivity index (χ2v) is 5.96. The molecule has 3 rings (SSSR count). The van der Waals surface area contributed by atoms with Gasteiger partial charge in [0.2, 0.25) is 5.91 Å². The van der Waals surface area contributed by atoms with Crippen molar-refractivity contribution in [1.29, 1.82) is 0 Å². The van der Waals surface area contributed by atoms with Crippen LogP contribution in [0.3, 0.4) is 0 Å². The molecule has 1 aliphatic heterocycles. The first-order valence-corrected chi connectivity index (χ1v) is 7.87. The van der Waals surface area contributed by atoms with Gasteiger partial charge in [0.15, 0.2) is 0 Å². The van der Waals surface area contributed by atoms with Crippen LogP contribution in [0.15, 0.2) is 24.3 Å². The van der Waals surface area contributed by atoms with E-state index in [0.717, 1.165) is 10.9 Å². The number of nitrogens with one attached hydrogen (secondary N) is 1. The summed E-state index contributed by atoms with van der Waals surface area (Å²) in [4.78, 5) is 25.4. The van der Waals surface area contributed by atoms with Gasteiger partial charge in [-0.25, -0.2) is 0 Å². The molecule has 0 spiro atoms. The minimum atomic E-state index is -0.201. The van der Waals surface area contributed by atoms with E-state index in [1.807, 2.05) is 0 Å². The van der Waals surface area contributed by atoms with Gasteiger partial charge in [-0.15, -0.1) is 11.6 Å². The molecule has 0 aromatic heterocycles. The number of benzene rings is 2. The molecule has 1 aliphatic rings. The zero-order valence-electron chi connectivity index (χ0n) is 12.9. The van der Waals surface area contributed by atoms with Gasteiger partial charge in [0.25, 0.3) is 5.91 Å². The Kier molecular flexibility index (Phi) is 3.90. The first-order valence-electron chi connectivity index (χ1n) is 7.33. The second-order valence-electron chi connectivity index (χ2n) is 5.65. The molecule has 2 aromatic carbocycles. The molecule has 23 heavy (non-hydrogen) atoms. The number of hydrogen-bond acceptors (Lipinski definition) is 3. The van der Waals surface area contributed by atoms with E-state index >= 15 is 0 Å². The molecule has 120 valence electrons. The van der Waals surface area contributed by atoms with Crippen LogP contribution in [-0.2, 0) is 4.79 Å². The van der Waals surface area contributed by atoms with E-state index in [1.165, 1.54) is 6.92 Å². The van der Waals surface area contributed by atoms with E-state index in [-0.39, 0.29) is 23.5 Å². The van der Waals surface area contributed by atoms with E-state index in [0.29, 0.717) is 29.1 Å². The van der Waals surface area contributed by atoms with Crippen molar-refractivity contribution >= 4 is 39.9 Å². The Bertz CT molecular complexity index is 819. The lowest BCUT2D eigenvalue weighted by Gasteiger charge is -2.16. The Morgan fingerprint density at radius 1 is 1.35 bits per heavy atom. The average Bonchev–Trinajstić information content (AvgIpc) is 2.92. The number of carbonyl (C=O) groups is 2. The van der Waals surface area contributed by atoms with Crippen molar-refractivity contribution < 1.29 is 14.7 Å². The second kappa shape index (κ2) is 5.74. The van der Waals surface area contributed by atoms with E-state index in [9.17, 15) is 14.7 Å². The van der Waals surface area contributed by atoms with Crippen LogP contribution < -0.4 is 10.2 Å². The summed E-state index contributed by atoms with van der Waals surface area (Å²) in [6.07, 6.45) is 0. The largest absolute Gasteiger partial charge is 0.507 e. The van der Waals surface area contributed by atoms with Crippen molar-refractivity contribution in [1.82, 2.24) is 5.32 Å². The predicted molar refractivity (Wildman–Crippen MR) is 90.5 cm³/mol. The highest BCUT2D eigenvalue weighted by Gasteiger charge is 2.33. The van der Waals surface area contributed by atoms with Crippen molar-refractivity contribution in [3.63, 3.8) is 0 Å². The Morgan fingerprint density at radius 3 is 2.70 bits per heavy atom. The number of halogens is 1. The summed E-state index contributed by atoms with van der Waals surface area (Å²) in [6.45, 7) is 1.97. The lowest BCUT2D eigenvalue weighted by Crippen LogP contribution is -2.27. The number of alkyl halides is 1. The molecule has 2 amide bonds. The Labute approximate surface area is 138 Å². The van der Waals surface area contributed by atoms with Gasteiger partial charge >= 0.3 is 0 Å². The number of aromatic hydroxyl groups is 1. The smallest absolute Gasteiger partial charge is 0.251 e. The number of amides is 2. The number of nitrogens with zero attached hydrogens (tertiary/aromatic N) is 1. The molecule has 1 heterocycles. The van der Waals surface area contributed by atoms with Gasteiger partial charge in [-0.05, 0) is 29.1 Å². The van der Waals surface area contributed by atoms with Gasteiger partial charge in [-0.3, -0.25) is 9.59 Å². The lowest BCUT2D eigenvalue weighted by molar-refractivity contribution is -0.116. The molecule has 0 fully saturated rings. The Hall–Kier alpha value is -2.27. The van der Waals surface area contributed by atoms with Crippen LogP contribution in [0.1, 0.15) is 28.8 Å². The summed E-state index contributed by atoms with van der Waals surface area (Å²) >= 11 is 6.10. The third kappa shape index (κ3) is 2.41. The summed E-state index contributed by atoms with van der Waals surface area (Å²) in [5.41, 5.74) is 2.08. The van der Waals surface area contributed by atoms with Crippen molar-refractivity contribution in [2.45, 2.75) is 12.8 Å². The van der Waals surface area contributed by atoms with E-state index < -0.39 is 0 Å². The third-order valence-electron chi connectivity index (χ3n) is 4.29. The maximum Gasteiger partial charge on any atom is 0.251 e. The number of hydrogen-bond donors (Lipinski definition) is 2. The van der Waals surface area contributed by atoms with Crippen LogP contribution in [-0.4, -0.2) is 36.4 Å². The fourth-order valence-electron chi connectivity index (χ4n) is 3.19. The molecule has 0 aliphatic carbocycles. The molecule has 0 saturated carbocycles.